The van der Waals surface area contributed by atoms with Gasteiger partial charge < -0.3 is 29.5 Å². The Hall–Kier alpha value is -4.12. The molecule has 0 bridgehead atoms. The average molecular weight is 616 g/mol. The standard InChI is InChI=1S/C26H29N7O7S2/c1-37-17-4-3-5-18(38-2)21(17)16-12-19(23(35)29-25-30-31-26(42-25)33-20(27)6-7-28-33)40-24(36)22(16)39-10-8-32-9-11-41-14-15(32)13-34/h3-7,12,15,34H,8-11,13-14,27H2,1-2H3,(H,29,30,35)/t15-/m0/s1. The number of thioether (sulfide) groups is 1. The summed E-state index contributed by atoms with van der Waals surface area (Å²) in [7, 11) is 2.97. The van der Waals surface area contributed by atoms with Gasteiger partial charge in [0.1, 0.15) is 23.9 Å². The molecule has 1 saturated heterocycles. The minimum Gasteiger partial charge on any atom is -0.496 e. The Labute approximate surface area is 248 Å². The summed E-state index contributed by atoms with van der Waals surface area (Å²) in [6.07, 6.45) is 1.51. The number of nitrogens with one attached hydrogen (secondary N) is 1. The van der Waals surface area contributed by atoms with Crippen molar-refractivity contribution in [3.63, 3.8) is 0 Å². The zero-order valence-corrected chi connectivity index (χ0v) is 24.4. The minimum absolute atomic E-state index is 0.00853. The van der Waals surface area contributed by atoms with E-state index >= 15 is 0 Å². The first-order valence-electron chi connectivity index (χ1n) is 12.8. The molecule has 0 saturated carbocycles. The van der Waals surface area contributed by atoms with E-state index in [2.05, 4.69) is 25.5 Å². The maximum atomic E-state index is 13.3. The van der Waals surface area contributed by atoms with Crippen LogP contribution in [0.1, 0.15) is 10.6 Å². The highest BCUT2D eigenvalue weighted by Gasteiger charge is 2.26. The number of aliphatic hydroxyl groups is 1. The summed E-state index contributed by atoms with van der Waals surface area (Å²) in [5.74, 6) is 1.78. The van der Waals surface area contributed by atoms with Crippen molar-refractivity contribution in [2.75, 3.05) is 63.1 Å². The van der Waals surface area contributed by atoms with Gasteiger partial charge in [-0.3, -0.25) is 15.0 Å². The third-order valence-corrected chi connectivity index (χ3v) is 8.41. The van der Waals surface area contributed by atoms with Gasteiger partial charge in [-0.05, 0) is 18.2 Å². The molecule has 5 rings (SSSR count). The molecule has 1 atom stereocenters. The van der Waals surface area contributed by atoms with Gasteiger partial charge in [-0.2, -0.15) is 21.5 Å². The number of benzene rings is 1. The lowest BCUT2D eigenvalue weighted by Crippen LogP contribution is -2.46. The number of nitrogens with zero attached hydrogens (tertiary/aromatic N) is 5. The molecular formula is C26H29N7O7S2. The molecule has 222 valence electrons. The summed E-state index contributed by atoms with van der Waals surface area (Å²) < 4.78 is 23.9. The first-order chi connectivity index (χ1) is 20.4. The number of aromatic nitrogens is 4. The number of methoxy groups -OCH3 is 2. The van der Waals surface area contributed by atoms with Gasteiger partial charge >= 0.3 is 5.63 Å². The van der Waals surface area contributed by atoms with Gasteiger partial charge in [0, 0.05) is 42.3 Å². The highest BCUT2D eigenvalue weighted by molar-refractivity contribution is 7.99. The van der Waals surface area contributed by atoms with E-state index in [1.807, 2.05) is 0 Å². The van der Waals surface area contributed by atoms with Crippen LogP contribution >= 0.6 is 23.1 Å². The molecule has 4 heterocycles. The monoisotopic (exact) mass is 615 g/mol. The molecule has 1 amide bonds. The van der Waals surface area contributed by atoms with Gasteiger partial charge in [0.05, 0.1) is 32.6 Å². The number of nitrogen functional groups attached to an aromatic ring is 1. The lowest BCUT2D eigenvalue weighted by atomic mass is 10.0. The SMILES string of the molecule is COc1cccc(OC)c1-c1cc(C(=O)Nc2nnc(-n3nccc3N)s2)oc(=O)c1OCCN1CCSC[C@@H]1CO. The van der Waals surface area contributed by atoms with Crippen LogP contribution in [0.5, 0.6) is 17.2 Å². The predicted molar refractivity (Wildman–Crippen MR) is 158 cm³/mol. The number of hydrogen-bond acceptors (Lipinski definition) is 14. The molecular weight excluding hydrogens is 586 g/mol. The minimum atomic E-state index is -0.860. The quantitative estimate of drug-likeness (QED) is 0.223. The summed E-state index contributed by atoms with van der Waals surface area (Å²) in [4.78, 5) is 28.7. The number of anilines is 2. The van der Waals surface area contributed by atoms with E-state index in [4.69, 9.17) is 24.4 Å². The molecule has 0 unspecified atom stereocenters. The van der Waals surface area contributed by atoms with Crippen LogP contribution in [0.3, 0.4) is 0 Å². The van der Waals surface area contributed by atoms with Crippen molar-refractivity contribution in [1.29, 1.82) is 0 Å². The van der Waals surface area contributed by atoms with E-state index in [1.165, 1.54) is 31.2 Å². The maximum Gasteiger partial charge on any atom is 0.379 e. The van der Waals surface area contributed by atoms with E-state index < -0.39 is 11.5 Å². The molecule has 0 spiro atoms. The van der Waals surface area contributed by atoms with Crippen LogP contribution < -0.4 is 30.9 Å². The molecule has 4 aromatic rings. The summed E-state index contributed by atoms with van der Waals surface area (Å²) in [6, 6.07) is 8.15. The van der Waals surface area contributed by atoms with Gasteiger partial charge in [0.15, 0.2) is 5.76 Å². The van der Waals surface area contributed by atoms with Gasteiger partial charge in [-0.1, -0.05) is 17.4 Å². The first-order valence-corrected chi connectivity index (χ1v) is 14.8. The maximum absolute atomic E-state index is 13.3. The number of rotatable bonds is 11. The number of carbonyl (C=O) groups is 1. The molecule has 1 aliphatic heterocycles. The number of hydrogen-bond donors (Lipinski definition) is 3. The zero-order valence-electron chi connectivity index (χ0n) is 22.8. The van der Waals surface area contributed by atoms with Crippen molar-refractivity contribution in [3.8, 4) is 33.5 Å². The Morgan fingerprint density at radius 2 is 2.02 bits per heavy atom. The Morgan fingerprint density at radius 1 is 1.24 bits per heavy atom. The van der Waals surface area contributed by atoms with E-state index in [1.54, 1.807) is 36.0 Å². The summed E-state index contributed by atoms with van der Waals surface area (Å²) >= 11 is 2.82. The van der Waals surface area contributed by atoms with Gasteiger partial charge in [0.2, 0.25) is 16.0 Å². The van der Waals surface area contributed by atoms with Gasteiger partial charge in [0.25, 0.3) is 5.91 Å². The third kappa shape index (κ3) is 6.20. The fraction of sp³-hybridized carbons (Fsp3) is 0.346. The number of amides is 1. The van der Waals surface area contributed by atoms with Crippen LogP contribution in [0.15, 0.2) is 45.7 Å². The van der Waals surface area contributed by atoms with E-state index in [-0.39, 0.29) is 41.5 Å². The fourth-order valence-corrected chi connectivity index (χ4v) is 6.27. The van der Waals surface area contributed by atoms with Crippen LogP contribution in [-0.2, 0) is 0 Å². The Balaban J connectivity index is 1.46. The fourth-order valence-electron chi connectivity index (χ4n) is 4.43. The highest BCUT2D eigenvalue weighted by Crippen LogP contribution is 2.42. The summed E-state index contributed by atoms with van der Waals surface area (Å²) in [5, 5.41) is 24.8. The molecule has 16 heteroatoms. The summed E-state index contributed by atoms with van der Waals surface area (Å²) in [5.41, 5.74) is 5.67. The van der Waals surface area contributed by atoms with Crippen LogP contribution in [0.4, 0.5) is 10.9 Å². The molecule has 4 N–H and O–H groups in total. The second-order valence-corrected chi connectivity index (χ2v) is 11.1. The van der Waals surface area contributed by atoms with Crippen molar-refractivity contribution in [2.24, 2.45) is 0 Å². The molecule has 0 aliphatic carbocycles. The molecule has 14 nitrogen and oxygen atoms in total. The Morgan fingerprint density at radius 3 is 2.71 bits per heavy atom. The van der Waals surface area contributed by atoms with E-state index in [9.17, 15) is 14.7 Å². The Bertz CT molecular complexity index is 1580. The number of aliphatic hydroxyl groups excluding tert-OH is 1. The molecule has 42 heavy (non-hydrogen) atoms. The first kappa shape index (κ1) is 29.4. The smallest absolute Gasteiger partial charge is 0.379 e. The molecule has 1 aromatic carbocycles. The van der Waals surface area contributed by atoms with Crippen LogP contribution in [0, 0.1) is 0 Å². The molecule has 3 aromatic heterocycles. The van der Waals surface area contributed by atoms with Crippen LogP contribution in [-0.4, -0.2) is 94.0 Å². The van der Waals surface area contributed by atoms with Gasteiger partial charge in [-0.15, -0.1) is 10.2 Å². The molecule has 0 radical (unpaired) electrons. The van der Waals surface area contributed by atoms with Crippen molar-refractivity contribution < 1.29 is 28.5 Å². The lowest BCUT2D eigenvalue weighted by molar-refractivity contribution is 0.0990. The normalized spacial score (nSPS) is 15.4. The third-order valence-electron chi connectivity index (χ3n) is 6.50. The van der Waals surface area contributed by atoms with Crippen LogP contribution in [0.2, 0.25) is 0 Å². The average Bonchev–Trinajstić information content (AvgIpc) is 3.65. The molecule has 1 fully saturated rings. The Kier molecular flexibility index (Phi) is 9.26. The number of carbonyl (C=O) groups excluding carboxylic acids is 1. The second kappa shape index (κ2) is 13.2. The zero-order chi connectivity index (χ0) is 29.6. The van der Waals surface area contributed by atoms with E-state index in [0.29, 0.717) is 34.6 Å². The van der Waals surface area contributed by atoms with E-state index in [0.717, 1.165) is 29.4 Å². The van der Waals surface area contributed by atoms with Crippen molar-refractivity contribution in [1.82, 2.24) is 24.9 Å². The predicted octanol–water partition coefficient (Wildman–Crippen LogP) is 1.98. The number of ether oxygens (including phenoxy) is 3. The topological polar surface area (TPSA) is 180 Å². The largest absolute Gasteiger partial charge is 0.496 e. The van der Waals surface area contributed by atoms with Crippen molar-refractivity contribution in [2.45, 2.75) is 6.04 Å². The molecule has 1 aliphatic rings. The van der Waals surface area contributed by atoms with Crippen LogP contribution in [0.25, 0.3) is 16.3 Å². The van der Waals surface area contributed by atoms with Gasteiger partial charge in [-0.25, -0.2) is 4.79 Å². The van der Waals surface area contributed by atoms with Crippen molar-refractivity contribution in [3.05, 3.63) is 52.7 Å². The number of nitrogens with two attached hydrogens (primary N) is 1. The summed E-state index contributed by atoms with van der Waals surface area (Å²) in [6.45, 7) is 1.46. The second-order valence-electron chi connectivity index (χ2n) is 8.99. The highest BCUT2D eigenvalue weighted by atomic mass is 32.2. The lowest BCUT2D eigenvalue weighted by Gasteiger charge is -2.33. The van der Waals surface area contributed by atoms with Crippen molar-refractivity contribution >= 4 is 40.0 Å².